The Morgan fingerprint density at radius 3 is 2.53 bits per heavy atom. The third-order valence-corrected chi connectivity index (χ3v) is 2.94. The Balaban J connectivity index is 1.98. The molecule has 0 saturated heterocycles. The van der Waals surface area contributed by atoms with E-state index in [0.717, 1.165) is 25.3 Å². The van der Waals surface area contributed by atoms with Crippen LogP contribution >= 0.6 is 0 Å². The highest BCUT2D eigenvalue weighted by atomic mass is 19.2. The highest BCUT2D eigenvalue weighted by Crippen LogP contribution is 2.15. The fraction of sp³-hybridized carbons (Fsp3) is 0.385. The molecule has 4 heteroatoms. The first-order valence-electron chi connectivity index (χ1n) is 5.68. The normalized spacial score (nSPS) is 19.6. The van der Waals surface area contributed by atoms with Crippen molar-refractivity contribution >= 4 is 0 Å². The van der Waals surface area contributed by atoms with Crippen LogP contribution in [-0.2, 0) is 6.54 Å². The van der Waals surface area contributed by atoms with Gasteiger partial charge in [0.15, 0.2) is 11.6 Å². The molecule has 1 aliphatic rings. The molecule has 1 N–H and O–H groups in total. The molecule has 1 atom stereocenters. The molecule has 1 aromatic carbocycles. The maximum absolute atomic E-state index is 13.3. The molecule has 0 saturated carbocycles. The lowest BCUT2D eigenvalue weighted by atomic mass is 10.0. The van der Waals surface area contributed by atoms with E-state index in [1.807, 2.05) is 0 Å². The summed E-state index contributed by atoms with van der Waals surface area (Å²) in [5.41, 5.74) is 0.165. The minimum atomic E-state index is -1.15. The van der Waals surface area contributed by atoms with Crippen molar-refractivity contribution in [3.05, 3.63) is 47.3 Å². The van der Waals surface area contributed by atoms with Crippen molar-refractivity contribution in [2.45, 2.75) is 31.8 Å². The lowest BCUT2D eigenvalue weighted by molar-refractivity contribution is 0.456. The molecular formula is C13H14F3N. The first-order chi connectivity index (χ1) is 8.16. The summed E-state index contributed by atoms with van der Waals surface area (Å²) >= 11 is 0. The average molecular weight is 241 g/mol. The van der Waals surface area contributed by atoms with Crippen LogP contribution in [0.2, 0.25) is 0 Å². The van der Waals surface area contributed by atoms with E-state index < -0.39 is 17.5 Å². The smallest absolute Gasteiger partial charge is 0.161 e. The minimum absolute atomic E-state index is 0.165. The van der Waals surface area contributed by atoms with E-state index in [1.165, 1.54) is 0 Å². The second-order valence-corrected chi connectivity index (χ2v) is 4.22. The van der Waals surface area contributed by atoms with Gasteiger partial charge in [-0.2, -0.15) is 0 Å². The van der Waals surface area contributed by atoms with Crippen LogP contribution < -0.4 is 5.32 Å². The minimum Gasteiger partial charge on any atom is -0.309 e. The summed E-state index contributed by atoms with van der Waals surface area (Å²) in [6, 6.07) is 1.79. The molecule has 1 aromatic rings. The van der Waals surface area contributed by atoms with E-state index >= 15 is 0 Å². The molecule has 0 fully saturated rings. The zero-order chi connectivity index (χ0) is 12.3. The predicted molar refractivity (Wildman–Crippen MR) is 59.9 cm³/mol. The Kier molecular flexibility index (Phi) is 3.84. The summed E-state index contributed by atoms with van der Waals surface area (Å²) in [4.78, 5) is 0. The fourth-order valence-corrected chi connectivity index (χ4v) is 1.93. The Morgan fingerprint density at radius 2 is 1.82 bits per heavy atom. The monoisotopic (exact) mass is 241 g/mol. The van der Waals surface area contributed by atoms with E-state index in [0.29, 0.717) is 6.07 Å². The summed E-state index contributed by atoms with van der Waals surface area (Å²) < 4.78 is 39.0. The van der Waals surface area contributed by atoms with Gasteiger partial charge in [0.05, 0.1) is 0 Å². The Labute approximate surface area is 98.3 Å². The zero-order valence-corrected chi connectivity index (χ0v) is 9.35. The number of rotatable bonds is 3. The van der Waals surface area contributed by atoms with E-state index in [-0.39, 0.29) is 18.2 Å². The van der Waals surface area contributed by atoms with Gasteiger partial charge >= 0.3 is 0 Å². The van der Waals surface area contributed by atoms with E-state index in [1.54, 1.807) is 0 Å². The summed E-state index contributed by atoms with van der Waals surface area (Å²) in [6.07, 6.45) is 7.06. The number of nitrogens with one attached hydrogen (secondary N) is 1. The van der Waals surface area contributed by atoms with Gasteiger partial charge in [-0.15, -0.1) is 0 Å². The molecule has 0 heterocycles. The van der Waals surface area contributed by atoms with Crippen LogP contribution in [0.3, 0.4) is 0 Å². The number of hydrogen-bond donors (Lipinski definition) is 1. The van der Waals surface area contributed by atoms with Gasteiger partial charge in [0.25, 0.3) is 0 Å². The van der Waals surface area contributed by atoms with Gasteiger partial charge in [-0.3, -0.25) is 0 Å². The summed E-state index contributed by atoms with van der Waals surface area (Å²) in [5, 5.41) is 3.15. The SMILES string of the molecule is Fc1cc(F)c(CNC2CC=CCC2)cc1F. The van der Waals surface area contributed by atoms with Crippen LogP contribution in [0.1, 0.15) is 24.8 Å². The highest BCUT2D eigenvalue weighted by Gasteiger charge is 2.12. The number of benzene rings is 1. The van der Waals surface area contributed by atoms with E-state index in [2.05, 4.69) is 17.5 Å². The summed E-state index contributed by atoms with van der Waals surface area (Å²) in [5.74, 6) is -2.86. The molecular weight excluding hydrogens is 227 g/mol. The topological polar surface area (TPSA) is 12.0 Å². The van der Waals surface area contributed by atoms with Gasteiger partial charge in [-0.25, -0.2) is 13.2 Å². The van der Waals surface area contributed by atoms with Crippen LogP contribution in [0.15, 0.2) is 24.3 Å². The molecule has 92 valence electrons. The van der Waals surface area contributed by atoms with Crippen molar-refractivity contribution < 1.29 is 13.2 Å². The largest absolute Gasteiger partial charge is 0.309 e. The lowest BCUT2D eigenvalue weighted by Crippen LogP contribution is -2.29. The Hall–Kier alpha value is -1.29. The molecule has 0 spiro atoms. The second kappa shape index (κ2) is 5.36. The van der Waals surface area contributed by atoms with E-state index in [9.17, 15) is 13.2 Å². The van der Waals surface area contributed by atoms with E-state index in [4.69, 9.17) is 0 Å². The molecule has 0 aromatic heterocycles. The van der Waals surface area contributed by atoms with Crippen molar-refractivity contribution in [2.75, 3.05) is 0 Å². The van der Waals surface area contributed by atoms with Crippen molar-refractivity contribution in [3.63, 3.8) is 0 Å². The van der Waals surface area contributed by atoms with Crippen molar-refractivity contribution in [1.29, 1.82) is 0 Å². The van der Waals surface area contributed by atoms with Gasteiger partial charge < -0.3 is 5.32 Å². The third kappa shape index (κ3) is 3.09. The highest BCUT2D eigenvalue weighted by molar-refractivity contribution is 5.20. The fourth-order valence-electron chi connectivity index (χ4n) is 1.93. The molecule has 0 aliphatic heterocycles. The Morgan fingerprint density at radius 1 is 1.06 bits per heavy atom. The van der Waals surface area contributed by atoms with Crippen LogP contribution in [0.4, 0.5) is 13.2 Å². The maximum Gasteiger partial charge on any atom is 0.161 e. The third-order valence-electron chi connectivity index (χ3n) is 2.94. The molecule has 2 rings (SSSR count). The van der Waals surface area contributed by atoms with Crippen LogP contribution in [0, 0.1) is 17.5 Å². The van der Waals surface area contributed by atoms with Crippen LogP contribution in [0.5, 0.6) is 0 Å². The first kappa shape index (κ1) is 12.2. The standard InChI is InChI=1S/C13H14F3N/c14-11-7-13(16)12(15)6-9(11)8-17-10-4-2-1-3-5-10/h1-2,6-7,10,17H,3-5,8H2. The molecule has 0 radical (unpaired) electrons. The van der Waals surface area contributed by atoms with Gasteiger partial charge in [0.1, 0.15) is 5.82 Å². The quantitative estimate of drug-likeness (QED) is 0.632. The van der Waals surface area contributed by atoms with Crippen molar-refractivity contribution in [1.82, 2.24) is 5.32 Å². The first-order valence-corrected chi connectivity index (χ1v) is 5.68. The van der Waals surface area contributed by atoms with Crippen molar-refractivity contribution in [2.24, 2.45) is 0 Å². The van der Waals surface area contributed by atoms with Crippen LogP contribution in [-0.4, -0.2) is 6.04 Å². The zero-order valence-electron chi connectivity index (χ0n) is 9.35. The Bertz CT molecular complexity index is 429. The van der Waals surface area contributed by atoms with Crippen LogP contribution in [0.25, 0.3) is 0 Å². The average Bonchev–Trinajstić information content (AvgIpc) is 2.33. The summed E-state index contributed by atoms with van der Waals surface area (Å²) in [6.45, 7) is 0.224. The lowest BCUT2D eigenvalue weighted by Gasteiger charge is -2.19. The molecule has 1 unspecified atom stereocenters. The second-order valence-electron chi connectivity index (χ2n) is 4.22. The maximum atomic E-state index is 13.3. The number of allylic oxidation sites excluding steroid dienone is 1. The molecule has 17 heavy (non-hydrogen) atoms. The van der Waals surface area contributed by atoms with Crippen molar-refractivity contribution in [3.8, 4) is 0 Å². The molecule has 0 bridgehead atoms. The predicted octanol–water partition coefficient (Wildman–Crippen LogP) is 3.30. The van der Waals surface area contributed by atoms with Gasteiger partial charge in [0, 0.05) is 24.2 Å². The van der Waals surface area contributed by atoms with Gasteiger partial charge in [-0.05, 0) is 25.3 Å². The molecule has 1 nitrogen and oxygen atoms in total. The number of halogens is 3. The van der Waals surface area contributed by atoms with Gasteiger partial charge in [-0.1, -0.05) is 12.2 Å². The summed E-state index contributed by atoms with van der Waals surface area (Å²) in [7, 11) is 0. The molecule has 0 amide bonds. The number of hydrogen-bond acceptors (Lipinski definition) is 1. The molecule has 1 aliphatic carbocycles. The van der Waals surface area contributed by atoms with Gasteiger partial charge in [0.2, 0.25) is 0 Å².